The van der Waals surface area contributed by atoms with Gasteiger partial charge in [0, 0.05) is 12.2 Å². The number of nitrogens with zero attached hydrogens (tertiary/aromatic N) is 1. The number of ether oxygens (including phenoxy) is 1. The summed E-state index contributed by atoms with van der Waals surface area (Å²) in [5.74, 6) is 0.166. The number of aromatic nitrogens is 1. The molecule has 0 aliphatic carbocycles. The predicted octanol–water partition coefficient (Wildman–Crippen LogP) is 3.65. The summed E-state index contributed by atoms with van der Waals surface area (Å²) in [6.45, 7) is 4.13. The first-order chi connectivity index (χ1) is 13.5. The number of rotatable bonds is 5. The van der Waals surface area contributed by atoms with Gasteiger partial charge >= 0.3 is 0 Å². The second kappa shape index (κ2) is 9.82. The van der Waals surface area contributed by atoms with Crippen LogP contribution < -0.4 is 15.8 Å². The van der Waals surface area contributed by atoms with Gasteiger partial charge in [-0.3, -0.25) is 4.79 Å². The fourth-order valence-corrected chi connectivity index (χ4v) is 2.38. The van der Waals surface area contributed by atoms with Crippen LogP contribution in [0.2, 0.25) is 0 Å². The second-order valence-electron chi connectivity index (χ2n) is 5.74. The Kier molecular flexibility index (Phi) is 7.21. The van der Waals surface area contributed by atoms with Gasteiger partial charge in [-0.1, -0.05) is 24.3 Å². The van der Waals surface area contributed by atoms with E-state index in [1.54, 1.807) is 54.6 Å². The molecule has 0 atom stereocenters. The fraction of sp³-hybridized carbons (Fsp3) is 0.0952. The van der Waals surface area contributed by atoms with Gasteiger partial charge in [0.1, 0.15) is 18.4 Å². The number of anilines is 1. The number of pyridine rings is 1. The maximum Gasteiger partial charge on any atom is 0.255 e. The summed E-state index contributed by atoms with van der Waals surface area (Å²) in [7, 11) is 0. The number of nitrogen functional groups attached to an aromatic ring is 1. The summed E-state index contributed by atoms with van der Waals surface area (Å²) in [5, 5.41) is 2.79. The third-order valence-electron chi connectivity index (χ3n) is 3.75. The second-order valence-corrected chi connectivity index (χ2v) is 5.74. The molecule has 144 valence electrons. The molecule has 0 unspecified atom stereocenters. The number of aryl methyl sites for hydroxylation is 1. The molecule has 0 spiro atoms. The van der Waals surface area contributed by atoms with Crippen LogP contribution >= 0.6 is 0 Å². The molecule has 0 saturated heterocycles. The van der Waals surface area contributed by atoms with E-state index in [2.05, 4.69) is 10.3 Å². The van der Waals surface area contributed by atoms with Crippen LogP contribution in [0.15, 0.2) is 60.7 Å². The van der Waals surface area contributed by atoms with E-state index in [-0.39, 0.29) is 17.5 Å². The molecule has 0 saturated carbocycles. The number of nitrogens with two attached hydrogens (primary N) is 1. The summed E-state index contributed by atoms with van der Waals surface area (Å²) in [6, 6.07) is 16.6. The lowest BCUT2D eigenvalue weighted by Crippen LogP contribution is -2.24. The highest BCUT2D eigenvalue weighted by Gasteiger charge is 2.10. The number of nitrogens with one attached hydrogen (secondary N) is 1. The highest BCUT2D eigenvalue weighted by atomic mass is 19.1. The SMILES string of the molecule is C=O.Cc1ccc(C(=O)NCc2ccc(Oc3ccccc3F)cc2)c(N)n1. The molecule has 0 radical (unpaired) electrons. The molecule has 0 aliphatic rings. The van der Waals surface area contributed by atoms with E-state index in [0.29, 0.717) is 17.9 Å². The first-order valence-corrected chi connectivity index (χ1v) is 8.34. The van der Waals surface area contributed by atoms with Gasteiger partial charge < -0.3 is 20.6 Å². The average Bonchev–Trinajstić information content (AvgIpc) is 2.70. The van der Waals surface area contributed by atoms with Gasteiger partial charge in [0.25, 0.3) is 5.91 Å². The minimum absolute atomic E-state index is 0.163. The molecule has 0 fully saturated rings. The highest BCUT2D eigenvalue weighted by Crippen LogP contribution is 2.24. The highest BCUT2D eigenvalue weighted by molar-refractivity contribution is 5.98. The molecule has 1 aromatic heterocycles. The summed E-state index contributed by atoms with van der Waals surface area (Å²) >= 11 is 0. The minimum atomic E-state index is -0.423. The molecule has 3 rings (SSSR count). The monoisotopic (exact) mass is 381 g/mol. The molecule has 0 aliphatic heterocycles. The van der Waals surface area contributed by atoms with E-state index >= 15 is 0 Å². The topological polar surface area (TPSA) is 94.3 Å². The minimum Gasteiger partial charge on any atom is -0.454 e. The Labute approximate surface area is 162 Å². The maximum atomic E-state index is 13.6. The van der Waals surface area contributed by atoms with E-state index in [4.69, 9.17) is 15.3 Å². The molecular weight excluding hydrogens is 361 g/mol. The molecule has 1 heterocycles. The lowest BCUT2D eigenvalue weighted by atomic mass is 10.2. The number of hydrogen-bond donors (Lipinski definition) is 2. The van der Waals surface area contributed by atoms with E-state index in [1.807, 2.05) is 13.7 Å². The van der Waals surface area contributed by atoms with Crippen molar-refractivity contribution < 1.29 is 18.7 Å². The standard InChI is InChI=1S/C20H18FN3O2.CH2O/c1-13-6-11-16(19(22)24-13)20(25)23-12-14-7-9-15(10-8-14)26-18-5-3-2-4-17(18)21;1-2/h2-11H,12H2,1H3,(H2,22,24)(H,23,25);1H2. The van der Waals surface area contributed by atoms with Gasteiger partial charge in [0.2, 0.25) is 0 Å². The van der Waals surface area contributed by atoms with Crippen LogP contribution in [0, 0.1) is 12.7 Å². The van der Waals surface area contributed by atoms with Crippen LogP contribution in [-0.4, -0.2) is 17.7 Å². The van der Waals surface area contributed by atoms with Gasteiger partial charge in [0.05, 0.1) is 5.56 Å². The zero-order valence-electron chi connectivity index (χ0n) is 15.3. The van der Waals surface area contributed by atoms with Crippen molar-refractivity contribution in [2.75, 3.05) is 5.73 Å². The van der Waals surface area contributed by atoms with Crippen LogP contribution in [0.5, 0.6) is 11.5 Å². The van der Waals surface area contributed by atoms with E-state index < -0.39 is 5.82 Å². The predicted molar refractivity (Wildman–Crippen MR) is 105 cm³/mol. The Morgan fingerprint density at radius 2 is 1.79 bits per heavy atom. The fourth-order valence-electron chi connectivity index (χ4n) is 2.38. The smallest absolute Gasteiger partial charge is 0.255 e. The summed E-state index contributed by atoms with van der Waals surface area (Å²) in [4.78, 5) is 24.3. The molecule has 3 N–H and O–H groups in total. The van der Waals surface area contributed by atoms with Crippen molar-refractivity contribution in [3.05, 3.63) is 83.3 Å². The zero-order valence-corrected chi connectivity index (χ0v) is 15.3. The van der Waals surface area contributed by atoms with Crippen LogP contribution in [0.4, 0.5) is 10.2 Å². The Morgan fingerprint density at radius 3 is 2.43 bits per heavy atom. The number of carbonyl (C=O) groups is 2. The van der Waals surface area contributed by atoms with Gasteiger partial charge in [0.15, 0.2) is 11.6 Å². The molecule has 28 heavy (non-hydrogen) atoms. The van der Waals surface area contributed by atoms with Crippen LogP contribution in [0.25, 0.3) is 0 Å². The first-order valence-electron chi connectivity index (χ1n) is 8.34. The largest absolute Gasteiger partial charge is 0.454 e. The van der Waals surface area contributed by atoms with Crippen molar-refractivity contribution in [3.8, 4) is 11.5 Å². The van der Waals surface area contributed by atoms with Crippen molar-refractivity contribution in [1.29, 1.82) is 0 Å². The van der Waals surface area contributed by atoms with Crippen LogP contribution in [0.3, 0.4) is 0 Å². The number of carbonyl (C=O) groups excluding carboxylic acids is 2. The Morgan fingerprint density at radius 1 is 1.11 bits per heavy atom. The van der Waals surface area contributed by atoms with Crippen molar-refractivity contribution >= 4 is 18.5 Å². The number of benzene rings is 2. The molecule has 0 bridgehead atoms. The normalized spacial score (nSPS) is 9.79. The molecule has 1 amide bonds. The summed E-state index contributed by atoms with van der Waals surface area (Å²) in [5.41, 5.74) is 7.75. The average molecular weight is 381 g/mol. The Hall–Kier alpha value is -3.74. The van der Waals surface area contributed by atoms with E-state index in [0.717, 1.165) is 11.3 Å². The quantitative estimate of drug-likeness (QED) is 0.704. The molecular formula is C21H20FN3O3. The molecule has 6 nitrogen and oxygen atoms in total. The number of hydrogen-bond acceptors (Lipinski definition) is 5. The van der Waals surface area contributed by atoms with Crippen molar-refractivity contribution in [1.82, 2.24) is 10.3 Å². The number of amides is 1. The summed E-state index contributed by atoms with van der Waals surface area (Å²) < 4.78 is 19.1. The Balaban J connectivity index is 0.00000136. The van der Waals surface area contributed by atoms with Crippen LogP contribution in [0.1, 0.15) is 21.6 Å². The van der Waals surface area contributed by atoms with Crippen molar-refractivity contribution in [3.63, 3.8) is 0 Å². The molecule has 2 aromatic carbocycles. The number of para-hydroxylation sites is 1. The van der Waals surface area contributed by atoms with E-state index in [1.165, 1.54) is 6.07 Å². The zero-order chi connectivity index (χ0) is 20.5. The Bertz CT molecular complexity index is 946. The number of halogens is 1. The third kappa shape index (κ3) is 5.38. The van der Waals surface area contributed by atoms with E-state index in [9.17, 15) is 9.18 Å². The first kappa shape index (κ1) is 20.6. The third-order valence-corrected chi connectivity index (χ3v) is 3.75. The lowest BCUT2D eigenvalue weighted by Gasteiger charge is -2.09. The van der Waals surface area contributed by atoms with Crippen molar-refractivity contribution in [2.24, 2.45) is 0 Å². The van der Waals surface area contributed by atoms with Crippen molar-refractivity contribution in [2.45, 2.75) is 13.5 Å². The van der Waals surface area contributed by atoms with Gasteiger partial charge in [-0.05, 0) is 48.9 Å². The molecule has 3 aromatic rings. The lowest BCUT2D eigenvalue weighted by molar-refractivity contribution is -0.0980. The summed E-state index contributed by atoms with van der Waals surface area (Å²) in [6.07, 6.45) is 0. The maximum absolute atomic E-state index is 13.6. The molecule has 7 heteroatoms. The van der Waals surface area contributed by atoms with Crippen LogP contribution in [-0.2, 0) is 11.3 Å². The van der Waals surface area contributed by atoms with Gasteiger partial charge in [-0.2, -0.15) is 0 Å². The van der Waals surface area contributed by atoms with Gasteiger partial charge in [-0.25, -0.2) is 9.37 Å². The van der Waals surface area contributed by atoms with Gasteiger partial charge in [-0.15, -0.1) is 0 Å².